The fourth-order valence-electron chi connectivity index (χ4n) is 8.26. The van der Waals surface area contributed by atoms with E-state index in [2.05, 4.69) is 24.8 Å². The van der Waals surface area contributed by atoms with Crippen molar-refractivity contribution < 1.29 is 32.3 Å². The molecule has 3 aliphatic rings. The Bertz CT molecular complexity index is 2240. The first-order chi connectivity index (χ1) is 24.9. The van der Waals surface area contributed by atoms with Crippen molar-refractivity contribution >= 4 is 45.3 Å². The van der Waals surface area contributed by atoms with Gasteiger partial charge in [0.1, 0.15) is 28.2 Å². The molecule has 8 rings (SSSR count). The number of alkyl halides is 2. The van der Waals surface area contributed by atoms with Crippen LogP contribution in [0, 0.1) is 11.3 Å². The highest BCUT2D eigenvalue weighted by Gasteiger charge is 2.50. The molecule has 0 saturated carbocycles. The maximum Gasteiger partial charge on any atom is 0.387 e. The number of rotatable bonds is 10. The molecule has 2 unspecified atom stereocenters. The molecule has 3 atom stereocenters. The second-order valence-corrected chi connectivity index (χ2v) is 15.4. The first-order valence-electron chi connectivity index (χ1n) is 17.5. The first-order valence-corrected chi connectivity index (χ1v) is 17.9. The number of nitrogens with zero attached hydrogens (tertiary/aromatic N) is 4. The lowest BCUT2D eigenvalue weighted by molar-refractivity contribution is -0.142. The molecule has 1 N–H and O–H groups in total. The van der Waals surface area contributed by atoms with Gasteiger partial charge in [-0.1, -0.05) is 74.9 Å². The quantitative estimate of drug-likeness (QED) is 0.151. The van der Waals surface area contributed by atoms with E-state index in [0.29, 0.717) is 57.9 Å². The van der Waals surface area contributed by atoms with Crippen LogP contribution in [0.3, 0.4) is 0 Å². The van der Waals surface area contributed by atoms with E-state index in [1.54, 1.807) is 11.0 Å². The Kier molecular flexibility index (Phi) is 8.71. The molecule has 2 aromatic heterocycles. The van der Waals surface area contributed by atoms with Gasteiger partial charge in [0.05, 0.1) is 0 Å². The van der Waals surface area contributed by atoms with E-state index in [0.717, 1.165) is 36.3 Å². The zero-order valence-corrected chi connectivity index (χ0v) is 29.9. The number of halogens is 3. The van der Waals surface area contributed by atoms with E-state index >= 15 is 0 Å². The molecule has 0 bridgehead atoms. The SMILES string of the molecule is CC1C(c2ccccc2Cl)=CC=CC1(c1nc2ccc(CN3CC(C)(C)C3)cc2o1)c1nc2cc(CN3CCC[C@@H]3C(=O)O)c(OC(F)F)cc2o1. The smallest absolute Gasteiger partial charge is 0.387 e. The lowest BCUT2D eigenvalue weighted by Crippen LogP contribution is -2.52. The summed E-state index contributed by atoms with van der Waals surface area (Å²) in [5.74, 6) is -0.791. The van der Waals surface area contributed by atoms with Gasteiger partial charge < -0.3 is 18.7 Å². The van der Waals surface area contributed by atoms with Crippen LogP contribution in [0.15, 0.2) is 81.7 Å². The van der Waals surface area contributed by atoms with Crippen LogP contribution in [-0.2, 0) is 23.3 Å². The Labute approximate surface area is 304 Å². The van der Waals surface area contributed by atoms with Gasteiger partial charge in [-0.3, -0.25) is 14.6 Å². The molecule has 0 spiro atoms. The molecule has 270 valence electrons. The van der Waals surface area contributed by atoms with Gasteiger partial charge in [0.25, 0.3) is 0 Å². The Morgan fingerprint density at radius 2 is 1.77 bits per heavy atom. The number of ether oxygens (including phenoxy) is 1. The third kappa shape index (κ3) is 6.18. The van der Waals surface area contributed by atoms with Crippen molar-refractivity contribution in [2.45, 2.75) is 64.8 Å². The largest absolute Gasteiger partial charge is 0.480 e. The average Bonchev–Trinajstić information content (AvgIpc) is 3.83. The molecule has 12 heteroatoms. The van der Waals surface area contributed by atoms with Crippen molar-refractivity contribution in [3.05, 3.63) is 106 Å². The number of benzene rings is 3. The highest BCUT2D eigenvalue weighted by molar-refractivity contribution is 6.32. The van der Waals surface area contributed by atoms with Gasteiger partial charge in [0, 0.05) is 48.7 Å². The van der Waals surface area contributed by atoms with E-state index in [-0.39, 0.29) is 29.7 Å². The summed E-state index contributed by atoms with van der Waals surface area (Å²) in [6.45, 7) is 6.94. The second-order valence-electron chi connectivity index (χ2n) is 15.0. The average molecular weight is 729 g/mol. The number of aromatic nitrogens is 2. The minimum Gasteiger partial charge on any atom is -0.480 e. The van der Waals surface area contributed by atoms with Crippen molar-refractivity contribution in [2.24, 2.45) is 11.3 Å². The number of oxazole rings is 2. The number of carbonyl (C=O) groups is 1. The van der Waals surface area contributed by atoms with Gasteiger partial charge in [0.2, 0.25) is 11.8 Å². The molecule has 2 aliphatic heterocycles. The summed E-state index contributed by atoms with van der Waals surface area (Å²) >= 11 is 6.74. The Hall–Kier alpha value is -4.58. The Morgan fingerprint density at radius 1 is 1.04 bits per heavy atom. The van der Waals surface area contributed by atoms with E-state index in [1.165, 1.54) is 6.07 Å². The number of carboxylic acid groups (broad SMARTS) is 1. The first kappa shape index (κ1) is 34.5. The predicted molar refractivity (Wildman–Crippen MR) is 193 cm³/mol. The van der Waals surface area contributed by atoms with E-state index in [9.17, 15) is 18.7 Å². The topological polar surface area (TPSA) is 105 Å². The number of hydrogen-bond acceptors (Lipinski definition) is 8. The zero-order chi connectivity index (χ0) is 36.4. The molecular weight excluding hydrogens is 690 g/mol. The molecule has 2 fully saturated rings. The number of allylic oxidation sites excluding steroid dienone is 4. The van der Waals surface area contributed by atoms with E-state index in [1.807, 2.05) is 61.5 Å². The van der Waals surface area contributed by atoms with E-state index in [4.69, 9.17) is 35.1 Å². The molecule has 4 heterocycles. The lowest BCUT2D eigenvalue weighted by atomic mass is 9.68. The normalized spacial score (nSPS) is 23.4. The minimum absolute atomic E-state index is 0.0976. The van der Waals surface area contributed by atoms with Crippen LogP contribution in [0.5, 0.6) is 5.75 Å². The minimum atomic E-state index is -3.10. The standard InChI is InChI=1S/C40H39ClF2N4O5/c1-23-26(27-8-4-5-10-28(27)41)9-6-14-40(23,36-44-29-13-12-24(16-33(29)50-36)19-46-21-39(2,3)22-46)37-45-30-17-25(20-47-15-7-11-31(47)35(48)49)32(52-38(42)43)18-34(30)51-37/h4-6,8-10,12-14,16-18,23,31,38H,7,11,15,19-22H2,1-3H3,(H,48,49)/t23?,31-,40?/m1/s1. The molecule has 2 saturated heterocycles. The molecule has 9 nitrogen and oxygen atoms in total. The van der Waals surface area contributed by atoms with Crippen LogP contribution in [0.1, 0.15) is 62.1 Å². The molecule has 0 amide bonds. The summed E-state index contributed by atoms with van der Waals surface area (Å²) in [5, 5.41) is 10.3. The predicted octanol–water partition coefficient (Wildman–Crippen LogP) is 8.69. The van der Waals surface area contributed by atoms with Crippen LogP contribution in [-0.4, -0.2) is 63.1 Å². The monoisotopic (exact) mass is 728 g/mol. The number of likely N-dealkylation sites (tertiary alicyclic amines) is 2. The zero-order valence-electron chi connectivity index (χ0n) is 29.1. The van der Waals surface area contributed by atoms with Gasteiger partial charge in [-0.25, -0.2) is 9.97 Å². The van der Waals surface area contributed by atoms with Crippen LogP contribution >= 0.6 is 11.6 Å². The van der Waals surface area contributed by atoms with Gasteiger partial charge in [0.15, 0.2) is 11.2 Å². The maximum atomic E-state index is 13.7. The summed E-state index contributed by atoms with van der Waals surface area (Å²) < 4.78 is 45.6. The highest BCUT2D eigenvalue weighted by atomic mass is 35.5. The fraction of sp³-hybridized carbons (Fsp3) is 0.375. The van der Waals surface area contributed by atoms with Crippen LogP contribution < -0.4 is 4.74 Å². The number of hydrogen-bond donors (Lipinski definition) is 1. The summed E-state index contributed by atoms with van der Waals surface area (Å²) in [6, 6.07) is 16.0. The van der Waals surface area contributed by atoms with Crippen LogP contribution in [0.25, 0.3) is 27.8 Å². The third-order valence-electron chi connectivity index (χ3n) is 10.6. The number of carboxylic acids is 1. The van der Waals surface area contributed by atoms with Crippen LogP contribution in [0.2, 0.25) is 5.02 Å². The second kappa shape index (κ2) is 13.1. The highest BCUT2D eigenvalue weighted by Crippen LogP contribution is 2.50. The van der Waals surface area contributed by atoms with Crippen molar-refractivity contribution in [1.29, 1.82) is 0 Å². The fourth-order valence-corrected chi connectivity index (χ4v) is 8.50. The van der Waals surface area contributed by atoms with Crippen molar-refractivity contribution in [3.63, 3.8) is 0 Å². The Balaban J connectivity index is 1.24. The van der Waals surface area contributed by atoms with Gasteiger partial charge in [-0.15, -0.1) is 0 Å². The molecule has 0 radical (unpaired) electrons. The summed E-state index contributed by atoms with van der Waals surface area (Å²) in [7, 11) is 0. The van der Waals surface area contributed by atoms with Gasteiger partial charge >= 0.3 is 12.6 Å². The summed E-state index contributed by atoms with van der Waals surface area (Å²) in [6.07, 6.45) is 7.04. The molecule has 52 heavy (non-hydrogen) atoms. The van der Waals surface area contributed by atoms with Crippen molar-refractivity contribution in [3.8, 4) is 5.75 Å². The third-order valence-corrected chi connectivity index (χ3v) is 11.0. The van der Waals surface area contributed by atoms with Crippen molar-refractivity contribution in [1.82, 2.24) is 19.8 Å². The molecule has 1 aliphatic carbocycles. The lowest BCUT2D eigenvalue weighted by Gasteiger charge is -2.46. The number of fused-ring (bicyclic) bond motifs is 2. The van der Waals surface area contributed by atoms with E-state index < -0.39 is 24.0 Å². The van der Waals surface area contributed by atoms with Gasteiger partial charge in [-0.2, -0.15) is 8.78 Å². The van der Waals surface area contributed by atoms with Crippen molar-refractivity contribution in [2.75, 3.05) is 19.6 Å². The Morgan fingerprint density at radius 3 is 2.48 bits per heavy atom. The van der Waals surface area contributed by atoms with Crippen LogP contribution in [0.4, 0.5) is 8.78 Å². The molecule has 3 aromatic carbocycles. The summed E-state index contributed by atoms with van der Waals surface area (Å²) in [5.41, 5.74) is 4.35. The van der Waals surface area contributed by atoms with Gasteiger partial charge in [-0.05, 0) is 65.8 Å². The number of aliphatic carboxylic acids is 1. The maximum absolute atomic E-state index is 13.7. The molecular formula is C40H39ClF2N4O5. The molecule has 5 aromatic rings. The summed E-state index contributed by atoms with van der Waals surface area (Å²) in [4.78, 5) is 26.1.